The summed E-state index contributed by atoms with van der Waals surface area (Å²) in [7, 11) is 1.53. The zero-order chi connectivity index (χ0) is 19.4. The van der Waals surface area contributed by atoms with Gasteiger partial charge >= 0.3 is 0 Å². The largest absolute Gasteiger partial charge is 0.494 e. The Balaban J connectivity index is 1.76. The van der Waals surface area contributed by atoms with Gasteiger partial charge in [0.15, 0.2) is 0 Å². The van der Waals surface area contributed by atoms with Gasteiger partial charge in [-0.05, 0) is 41.6 Å². The molecule has 0 saturated heterocycles. The first-order valence-corrected chi connectivity index (χ1v) is 8.72. The van der Waals surface area contributed by atoms with Gasteiger partial charge in [0.2, 0.25) is 11.1 Å². The van der Waals surface area contributed by atoms with Gasteiger partial charge in [0.1, 0.15) is 23.1 Å². The third kappa shape index (κ3) is 4.22. The summed E-state index contributed by atoms with van der Waals surface area (Å²) >= 11 is 1.09. The molecule has 0 spiro atoms. The van der Waals surface area contributed by atoms with E-state index in [2.05, 4.69) is 20.8 Å². The number of methoxy groups -OCH3 is 1. The molecule has 0 aliphatic rings. The number of nitrogens with zero attached hydrogens (tertiary/aromatic N) is 4. The lowest BCUT2D eigenvalue weighted by Gasteiger charge is -2.13. The van der Waals surface area contributed by atoms with Crippen molar-refractivity contribution in [3.05, 3.63) is 54.1 Å². The highest BCUT2D eigenvalue weighted by molar-refractivity contribution is 8.00. The smallest absolute Gasteiger partial charge is 0.237 e. The number of hydrogen-bond acceptors (Lipinski definition) is 6. The Morgan fingerprint density at radius 2 is 2.04 bits per heavy atom. The van der Waals surface area contributed by atoms with Crippen molar-refractivity contribution in [1.82, 2.24) is 20.2 Å². The Bertz CT molecular complexity index is 966. The molecule has 3 aromatic rings. The molecular formula is C17H15F2N5O2S. The van der Waals surface area contributed by atoms with Gasteiger partial charge in [0.05, 0.1) is 18.0 Å². The molecule has 0 saturated carbocycles. The van der Waals surface area contributed by atoms with E-state index >= 15 is 0 Å². The maximum atomic E-state index is 13.7. The summed E-state index contributed by atoms with van der Waals surface area (Å²) < 4.78 is 33.4. The van der Waals surface area contributed by atoms with Crippen molar-refractivity contribution in [2.24, 2.45) is 0 Å². The lowest BCUT2D eigenvalue weighted by Crippen LogP contribution is -2.23. The highest BCUT2D eigenvalue weighted by atomic mass is 32.2. The summed E-state index contributed by atoms with van der Waals surface area (Å²) in [6.07, 6.45) is 0. The molecule has 1 aromatic heterocycles. The Morgan fingerprint density at radius 3 is 2.78 bits per heavy atom. The number of anilines is 1. The SMILES string of the molecule is COc1ccccc1-n1nnnc1SC(C)C(=O)Nc1ccc(F)cc1F. The maximum absolute atomic E-state index is 13.7. The number of thioether (sulfide) groups is 1. The van der Waals surface area contributed by atoms with Crippen LogP contribution >= 0.6 is 11.8 Å². The second-order valence-electron chi connectivity index (χ2n) is 5.42. The normalized spacial score (nSPS) is 11.9. The highest BCUT2D eigenvalue weighted by Crippen LogP contribution is 2.28. The zero-order valence-corrected chi connectivity index (χ0v) is 15.2. The van der Waals surface area contributed by atoms with Crippen molar-refractivity contribution in [3.8, 4) is 11.4 Å². The van der Waals surface area contributed by atoms with E-state index in [9.17, 15) is 13.6 Å². The fourth-order valence-electron chi connectivity index (χ4n) is 2.25. The van der Waals surface area contributed by atoms with Gasteiger partial charge in [-0.25, -0.2) is 8.78 Å². The van der Waals surface area contributed by atoms with E-state index in [-0.39, 0.29) is 5.69 Å². The topological polar surface area (TPSA) is 81.9 Å². The molecule has 7 nitrogen and oxygen atoms in total. The molecule has 0 aliphatic heterocycles. The Morgan fingerprint density at radius 1 is 1.26 bits per heavy atom. The Labute approximate surface area is 157 Å². The van der Waals surface area contributed by atoms with Gasteiger partial charge in [0.25, 0.3) is 0 Å². The van der Waals surface area contributed by atoms with E-state index in [0.29, 0.717) is 22.7 Å². The molecule has 10 heteroatoms. The zero-order valence-electron chi connectivity index (χ0n) is 14.4. The molecule has 1 amide bonds. The van der Waals surface area contributed by atoms with Gasteiger partial charge in [-0.2, -0.15) is 4.68 Å². The first-order valence-electron chi connectivity index (χ1n) is 7.84. The maximum Gasteiger partial charge on any atom is 0.237 e. The Kier molecular flexibility index (Phi) is 5.65. The molecule has 0 aliphatic carbocycles. The number of benzene rings is 2. The van der Waals surface area contributed by atoms with E-state index in [1.54, 1.807) is 25.1 Å². The number of tetrazole rings is 1. The number of para-hydroxylation sites is 2. The predicted molar refractivity (Wildman–Crippen MR) is 96.0 cm³/mol. The summed E-state index contributed by atoms with van der Waals surface area (Å²) in [4.78, 5) is 12.4. The van der Waals surface area contributed by atoms with Crippen molar-refractivity contribution >= 4 is 23.4 Å². The molecular weight excluding hydrogens is 376 g/mol. The fraction of sp³-hybridized carbons (Fsp3) is 0.176. The minimum absolute atomic E-state index is 0.0989. The quantitative estimate of drug-likeness (QED) is 0.651. The number of nitrogens with one attached hydrogen (secondary N) is 1. The number of halogens is 2. The van der Waals surface area contributed by atoms with Crippen molar-refractivity contribution in [3.63, 3.8) is 0 Å². The minimum atomic E-state index is -0.848. The molecule has 1 unspecified atom stereocenters. The van der Waals surface area contributed by atoms with E-state index < -0.39 is 22.8 Å². The van der Waals surface area contributed by atoms with E-state index in [0.717, 1.165) is 17.8 Å². The molecule has 2 aromatic carbocycles. The minimum Gasteiger partial charge on any atom is -0.494 e. The van der Waals surface area contributed by atoms with Crippen LogP contribution in [0.1, 0.15) is 6.92 Å². The average Bonchev–Trinajstić information content (AvgIpc) is 3.11. The van der Waals surface area contributed by atoms with Gasteiger partial charge < -0.3 is 10.1 Å². The van der Waals surface area contributed by atoms with E-state index in [1.165, 1.54) is 17.9 Å². The molecule has 140 valence electrons. The van der Waals surface area contributed by atoms with Crippen LogP contribution in [0.2, 0.25) is 0 Å². The summed E-state index contributed by atoms with van der Waals surface area (Å²) in [5, 5.41) is 13.7. The molecule has 27 heavy (non-hydrogen) atoms. The molecule has 0 bridgehead atoms. The molecule has 3 rings (SSSR count). The number of carbonyl (C=O) groups excluding carboxylic acids is 1. The first kappa shape index (κ1) is 18.8. The summed E-state index contributed by atoms with van der Waals surface area (Å²) in [5.41, 5.74) is 0.517. The number of rotatable bonds is 6. The molecule has 0 radical (unpaired) electrons. The number of aromatic nitrogens is 4. The predicted octanol–water partition coefficient (Wildman–Crippen LogP) is 3.07. The van der Waals surface area contributed by atoms with Crippen LogP contribution in [0.4, 0.5) is 14.5 Å². The number of hydrogen-bond donors (Lipinski definition) is 1. The third-order valence-corrected chi connectivity index (χ3v) is 4.63. The van der Waals surface area contributed by atoms with Crippen LogP contribution < -0.4 is 10.1 Å². The highest BCUT2D eigenvalue weighted by Gasteiger charge is 2.21. The molecule has 1 N–H and O–H groups in total. The lowest BCUT2D eigenvalue weighted by atomic mass is 10.3. The number of ether oxygens (including phenoxy) is 1. The van der Waals surface area contributed by atoms with E-state index in [1.807, 2.05) is 6.07 Å². The van der Waals surface area contributed by atoms with Crippen LogP contribution in [0.15, 0.2) is 47.6 Å². The summed E-state index contributed by atoms with van der Waals surface area (Å²) in [5.74, 6) is -1.47. The molecule has 1 atom stereocenters. The summed E-state index contributed by atoms with van der Waals surface area (Å²) in [6, 6.07) is 10.1. The van der Waals surface area contributed by atoms with Crippen LogP contribution in [0.3, 0.4) is 0 Å². The van der Waals surface area contributed by atoms with Gasteiger partial charge in [-0.15, -0.1) is 5.10 Å². The standard InChI is InChI=1S/C17H15F2N5O2S/c1-10(16(25)20-13-8-7-11(18)9-12(13)19)27-17-21-22-23-24(17)14-5-3-4-6-15(14)26-2/h3-10H,1-2H3,(H,20,25). The van der Waals surface area contributed by atoms with Crippen molar-refractivity contribution in [2.75, 3.05) is 12.4 Å². The second kappa shape index (κ2) is 8.12. The third-order valence-electron chi connectivity index (χ3n) is 3.59. The fourth-order valence-corrected chi connectivity index (χ4v) is 3.05. The monoisotopic (exact) mass is 391 g/mol. The number of carbonyl (C=O) groups is 1. The van der Waals surface area contributed by atoms with Crippen molar-refractivity contribution in [2.45, 2.75) is 17.3 Å². The average molecular weight is 391 g/mol. The van der Waals surface area contributed by atoms with Crippen LogP contribution in [-0.2, 0) is 4.79 Å². The first-order chi connectivity index (χ1) is 13.0. The molecule has 1 heterocycles. The second-order valence-corrected chi connectivity index (χ2v) is 6.73. The van der Waals surface area contributed by atoms with E-state index in [4.69, 9.17) is 4.74 Å². The lowest BCUT2D eigenvalue weighted by molar-refractivity contribution is -0.115. The number of amides is 1. The molecule has 0 fully saturated rings. The van der Waals surface area contributed by atoms with Crippen molar-refractivity contribution in [1.29, 1.82) is 0 Å². The van der Waals surface area contributed by atoms with Gasteiger partial charge in [-0.3, -0.25) is 4.79 Å². The van der Waals surface area contributed by atoms with Gasteiger partial charge in [0, 0.05) is 6.07 Å². The Hall–Kier alpha value is -3.01. The van der Waals surface area contributed by atoms with Crippen molar-refractivity contribution < 1.29 is 18.3 Å². The van der Waals surface area contributed by atoms with Crippen LogP contribution in [0.25, 0.3) is 5.69 Å². The van der Waals surface area contributed by atoms with Crippen LogP contribution in [-0.4, -0.2) is 38.5 Å². The van der Waals surface area contributed by atoms with Gasteiger partial charge in [-0.1, -0.05) is 23.9 Å². The van der Waals surface area contributed by atoms with Crippen LogP contribution in [0, 0.1) is 11.6 Å². The van der Waals surface area contributed by atoms with Crippen LogP contribution in [0.5, 0.6) is 5.75 Å². The summed E-state index contributed by atoms with van der Waals surface area (Å²) in [6.45, 7) is 1.63.